The van der Waals surface area contributed by atoms with Gasteiger partial charge in [-0.1, -0.05) is 175 Å². The molecule has 0 heterocycles. The van der Waals surface area contributed by atoms with Gasteiger partial charge in [0, 0.05) is 0 Å². The number of hydrogen-bond donors (Lipinski definition) is 0. The van der Waals surface area contributed by atoms with Gasteiger partial charge < -0.3 is 4.74 Å². The molecule has 0 aromatic carbocycles. The minimum absolute atomic E-state index is 0.0502. The van der Waals surface area contributed by atoms with Crippen molar-refractivity contribution in [1.29, 1.82) is 0 Å². The van der Waals surface area contributed by atoms with Crippen molar-refractivity contribution in [3.05, 3.63) is 0 Å². The highest BCUT2D eigenvalue weighted by Gasteiger charge is 2.17. The third-order valence-electron chi connectivity index (χ3n) is 8.04. The minimum Gasteiger partial charge on any atom is -0.465 e. The zero-order valence-corrected chi connectivity index (χ0v) is 25.6. The van der Waals surface area contributed by atoms with Gasteiger partial charge in [0.1, 0.15) is 0 Å². The van der Waals surface area contributed by atoms with Gasteiger partial charge in [-0.3, -0.25) is 4.79 Å². The van der Waals surface area contributed by atoms with Crippen LogP contribution in [0, 0.1) is 11.8 Å². The summed E-state index contributed by atoms with van der Waals surface area (Å²) < 4.78 is 5.83. The molecule has 0 aromatic rings. The first-order valence-corrected chi connectivity index (χ1v) is 16.8. The van der Waals surface area contributed by atoms with Gasteiger partial charge in [-0.15, -0.1) is 0 Å². The van der Waals surface area contributed by atoms with Crippen molar-refractivity contribution in [3.8, 4) is 0 Å². The lowest BCUT2D eigenvalue weighted by molar-refractivity contribution is -0.149. The maximum absolute atomic E-state index is 12.6. The normalized spacial score (nSPS) is 13.1. The fourth-order valence-electron chi connectivity index (χ4n) is 5.31. The van der Waals surface area contributed by atoms with Crippen molar-refractivity contribution in [2.45, 2.75) is 195 Å². The zero-order chi connectivity index (χ0) is 26.5. The molecule has 216 valence electrons. The smallest absolute Gasteiger partial charge is 0.308 e. The highest BCUT2D eigenvalue weighted by molar-refractivity contribution is 5.71. The van der Waals surface area contributed by atoms with Crippen molar-refractivity contribution in [2.24, 2.45) is 11.8 Å². The average Bonchev–Trinajstić information content (AvgIpc) is 2.88. The van der Waals surface area contributed by atoms with Gasteiger partial charge in [0.2, 0.25) is 0 Å². The molecule has 2 unspecified atom stereocenters. The van der Waals surface area contributed by atoms with Crippen molar-refractivity contribution in [1.82, 2.24) is 0 Å². The molecule has 0 saturated heterocycles. The molecule has 2 heteroatoms. The van der Waals surface area contributed by atoms with Crippen LogP contribution < -0.4 is 0 Å². The minimum atomic E-state index is 0.0502. The van der Waals surface area contributed by atoms with Crippen LogP contribution in [0.15, 0.2) is 0 Å². The second-order valence-corrected chi connectivity index (χ2v) is 11.8. The summed E-state index contributed by atoms with van der Waals surface area (Å²) in [5, 5.41) is 0. The van der Waals surface area contributed by atoms with E-state index in [-0.39, 0.29) is 11.9 Å². The zero-order valence-electron chi connectivity index (χ0n) is 25.6. The molecule has 0 aliphatic rings. The molecule has 36 heavy (non-hydrogen) atoms. The Morgan fingerprint density at radius 1 is 0.472 bits per heavy atom. The summed E-state index contributed by atoms with van der Waals surface area (Å²) in [6.07, 6.45) is 34.7. The van der Waals surface area contributed by atoms with Crippen LogP contribution in [0.5, 0.6) is 0 Å². The SMILES string of the molecule is CCCCCCCCCCCCCCCCC(C)C(=O)OCC(CCCCCC)CCCCCCC. The molecule has 0 fully saturated rings. The van der Waals surface area contributed by atoms with E-state index < -0.39 is 0 Å². The molecule has 0 amide bonds. The van der Waals surface area contributed by atoms with Gasteiger partial charge in [0.25, 0.3) is 0 Å². The van der Waals surface area contributed by atoms with Gasteiger partial charge in [-0.2, -0.15) is 0 Å². The number of hydrogen-bond acceptors (Lipinski definition) is 2. The van der Waals surface area contributed by atoms with Gasteiger partial charge in [-0.05, 0) is 25.2 Å². The monoisotopic (exact) mass is 509 g/mol. The van der Waals surface area contributed by atoms with E-state index in [2.05, 4.69) is 27.7 Å². The maximum Gasteiger partial charge on any atom is 0.308 e. The average molecular weight is 509 g/mol. The molecular weight excluding hydrogens is 440 g/mol. The van der Waals surface area contributed by atoms with E-state index in [1.807, 2.05) is 0 Å². The molecule has 0 bridgehead atoms. The van der Waals surface area contributed by atoms with Crippen LogP contribution in [0.25, 0.3) is 0 Å². The van der Waals surface area contributed by atoms with E-state index in [1.54, 1.807) is 0 Å². The van der Waals surface area contributed by atoms with E-state index in [9.17, 15) is 4.79 Å². The van der Waals surface area contributed by atoms with Gasteiger partial charge in [0.15, 0.2) is 0 Å². The Kier molecular flexibility index (Phi) is 28.6. The van der Waals surface area contributed by atoms with Crippen molar-refractivity contribution in [3.63, 3.8) is 0 Å². The molecule has 0 aliphatic carbocycles. The maximum atomic E-state index is 12.6. The second kappa shape index (κ2) is 29.0. The van der Waals surface area contributed by atoms with E-state index in [1.165, 1.54) is 161 Å². The fourth-order valence-corrected chi connectivity index (χ4v) is 5.31. The Morgan fingerprint density at radius 3 is 1.17 bits per heavy atom. The highest BCUT2D eigenvalue weighted by atomic mass is 16.5. The molecule has 2 nitrogen and oxygen atoms in total. The van der Waals surface area contributed by atoms with Crippen molar-refractivity contribution in [2.75, 3.05) is 6.61 Å². The lowest BCUT2D eigenvalue weighted by atomic mass is 9.95. The Bertz CT molecular complexity index is 433. The topological polar surface area (TPSA) is 26.3 Å². The number of ether oxygens (including phenoxy) is 1. The van der Waals surface area contributed by atoms with Crippen LogP contribution in [0.1, 0.15) is 195 Å². The lowest BCUT2D eigenvalue weighted by Crippen LogP contribution is -2.20. The van der Waals surface area contributed by atoms with Crippen LogP contribution in [-0.2, 0) is 9.53 Å². The van der Waals surface area contributed by atoms with Crippen LogP contribution in [0.3, 0.4) is 0 Å². The number of carbonyl (C=O) groups is 1. The molecule has 2 atom stereocenters. The summed E-state index contributed by atoms with van der Waals surface area (Å²) in [5.74, 6) is 0.683. The Morgan fingerprint density at radius 2 is 0.778 bits per heavy atom. The van der Waals surface area contributed by atoms with E-state index in [4.69, 9.17) is 4.74 Å². The number of unbranched alkanes of at least 4 members (excludes halogenated alkanes) is 20. The molecular formula is C34H68O2. The molecule has 0 rings (SSSR count). The van der Waals surface area contributed by atoms with E-state index in [0.29, 0.717) is 12.5 Å². The van der Waals surface area contributed by atoms with Crippen LogP contribution in [0.2, 0.25) is 0 Å². The Labute approximate surface area is 228 Å². The standard InChI is InChI=1S/C34H68O2/c1-5-8-11-14-15-16-17-18-19-20-21-22-24-25-28-32(4)34(35)36-31-33(29-26-13-10-7-3)30-27-23-12-9-6-2/h32-33H,5-31H2,1-4H3. The summed E-state index contributed by atoms with van der Waals surface area (Å²) in [6.45, 7) is 9.56. The quantitative estimate of drug-likeness (QED) is 0.0741. The Hall–Kier alpha value is -0.530. The molecule has 0 N–H and O–H groups in total. The third kappa shape index (κ3) is 25.1. The molecule has 0 aromatic heterocycles. The first kappa shape index (κ1) is 35.5. The number of carbonyl (C=O) groups excluding carboxylic acids is 1. The number of esters is 1. The van der Waals surface area contributed by atoms with Crippen molar-refractivity contribution >= 4 is 5.97 Å². The summed E-state index contributed by atoms with van der Waals surface area (Å²) in [6, 6.07) is 0. The summed E-state index contributed by atoms with van der Waals surface area (Å²) >= 11 is 0. The van der Waals surface area contributed by atoms with E-state index in [0.717, 1.165) is 6.42 Å². The molecule has 0 radical (unpaired) electrons. The van der Waals surface area contributed by atoms with Gasteiger partial charge in [0.05, 0.1) is 12.5 Å². The lowest BCUT2D eigenvalue weighted by Gasteiger charge is -2.19. The van der Waals surface area contributed by atoms with Crippen LogP contribution in [-0.4, -0.2) is 12.6 Å². The number of rotatable bonds is 29. The van der Waals surface area contributed by atoms with E-state index >= 15 is 0 Å². The molecule has 0 spiro atoms. The predicted octanol–water partition coefficient (Wildman–Crippen LogP) is 12.0. The van der Waals surface area contributed by atoms with Crippen molar-refractivity contribution < 1.29 is 9.53 Å². The largest absolute Gasteiger partial charge is 0.465 e. The highest BCUT2D eigenvalue weighted by Crippen LogP contribution is 2.21. The fraction of sp³-hybridized carbons (Fsp3) is 0.971. The van der Waals surface area contributed by atoms with Crippen LogP contribution in [0.4, 0.5) is 0 Å². The summed E-state index contributed by atoms with van der Waals surface area (Å²) in [5.41, 5.74) is 0. The van der Waals surface area contributed by atoms with Gasteiger partial charge >= 0.3 is 5.97 Å². The van der Waals surface area contributed by atoms with Crippen LogP contribution >= 0.6 is 0 Å². The molecule has 0 aliphatic heterocycles. The van der Waals surface area contributed by atoms with Gasteiger partial charge in [-0.25, -0.2) is 0 Å². The summed E-state index contributed by atoms with van der Waals surface area (Å²) in [4.78, 5) is 12.6. The summed E-state index contributed by atoms with van der Waals surface area (Å²) in [7, 11) is 0. The second-order valence-electron chi connectivity index (χ2n) is 11.8. The third-order valence-corrected chi connectivity index (χ3v) is 8.04. The first-order valence-electron chi connectivity index (χ1n) is 16.8. The molecule has 0 saturated carbocycles. The first-order chi connectivity index (χ1) is 17.7. The predicted molar refractivity (Wildman–Crippen MR) is 161 cm³/mol. The Balaban J connectivity index is 3.79.